The summed E-state index contributed by atoms with van der Waals surface area (Å²) >= 11 is 9.47. The van der Waals surface area contributed by atoms with Gasteiger partial charge in [-0.05, 0) is 40.9 Å². The first-order valence-electron chi connectivity index (χ1n) is 7.16. The van der Waals surface area contributed by atoms with Crippen molar-refractivity contribution in [2.45, 2.75) is 38.0 Å². The van der Waals surface area contributed by atoms with Gasteiger partial charge in [0.15, 0.2) is 5.82 Å². The molecule has 0 bridgehead atoms. The molecule has 0 spiro atoms. The first-order valence-corrected chi connectivity index (χ1v) is 8.33. The molecule has 21 heavy (non-hydrogen) atoms. The van der Waals surface area contributed by atoms with Crippen molar-refractivity contribution >= 4 is 33.3 Å². The number of imidazole rings is 1. The molecule has 0 aliphatic heterocycles. The molecule has 1 saturated carbocycles. The summed E-state index contributed by atoms with van der Waals surface area (Å²) in [4.78, 5) is 4.72. The second kappa shape index (κ2) is 5.89. The molecular weight excluding hydrogens is 352 g/mol. The van der Waals surface area contributed by atoms with Crippen molar-refractivity contribution in [2.24, 2.45) is 0 Å². The molecule has 0 saturated heterocycles. The first-order chi connectivity index (χ1) is 10.1. The maximum absolute atomic E-state index is 6.16. The molecule has 1 fully saturated rings. The molecule has 0 amide bonds. The fraction of sp³-hybridized carbons (Fsp3) is 0.400. The Morgan fingerprint density at radius 3 is 2.62 bits per heavy atom. The molecule has 1 aromatic carbocycles. The highest BCUT2D eigenvalue weighted by molar-refractivity contribution is 9.10. The number of hydrogen-bond donors (Lipinski definition) is 2. The zero-order chi connectivity index (χ0) is 15.0. The average Bonchev–Trinajstić information content (AvgIpc) is 2.79. The van der Waals surface area contributed by atoms with Crippen LogP contribution in [0.4, 0.5) is 5.82 Å². The Balaban J connectivity index is 2.01. The molecule has 1 aromatic heterocycles. The fourth-order valence-electron chi connectivity index (χ4n) is 2.97. The van der Waals surface area contributed by atoms with E-state index < -0.39 is 0 Å². The molecule has 3 rings (SSSR count). The molecule has 2 aromatic rings. The number of anilines is 1. The van der Waals surface area contributed by atoms with Gasteiger partial charge in [-0.1, -0.05) is 36.9 Å². The SMILES string of the molecule is Nc1c(-c2ccc(Cl)c(Br)c2)nc(C2CCCCC2)n1N. The van der Waals surface area contributed by atoms with Crippen LogP contribution in [0, 0.1) is 0 Å². The van der Waals surface area contributed by atoms with Crippen LogP contribution < -0.4 is 11.6 Å². The summed E-state index contributed by atoms with van der Waals surface area (Å²) in [7, 11) is 0. The molecule has 1 aliphatic carbocycles. The molecular formula is C15H18BrClN4. The third-order valence-corrected chi connectivity index (χ3v) is 5.35. The van der Waals surface area contributed by atoms with Crippen LogP contribution in [0.15, 0.2) is 22.7 Å². The van der Waals surface area contributed by atoms with Crippen molar-refractivity contribution < 1.29 is 0 Å². The second-order valence-electron chi connectivity index (χ2n) is 5.54. The Kier molecular flexibility index (Phi) is 4.13. The van der Waals surface area contributed by atoms with Gasteiger partial charge >= 0.3 is 0 Å². The van der Waals surface area contributed by atoms with Crippen LogP contribution in [0.5, 0.6) is 0 Å². The lowest BCUT2D eigenvalue weighted by atomic mass is 9.89. The lowest BCUT2D eigenvalue weighted by Gasteiger charge is -2.20. The normalized spacial score (nSPS) is 16.3. The van der Waals surface area contributed by atoms with E-state index in [0.29, 0.717) is 16.8 Å². The van der Waals surface area contributed by atoms with E-state index in [1.165, 1.54) is 19.3 Å². The van der Waals surface area contributed by atoms with Crippen LogP contribution in [-0.2, 0) is 0 Å². The number of nitrogen functional groups attached to an aromatic ring is 2. The largest absolute Gasteiger partial charge is 0.382 e. The van der Waals surface area contributed by atoms with Crippen LogP contribution in [-0.4, -0.2) is 9.66 Å². The number of hydrogen-bond acceptors (Lipinski definition) is 3. The molecule has 4 nitrogen and oxygen atoms in total. The van der Waals surface area contributed by atoms with Gasteiger partial charge in [-0.3, -0.25) is 0 Å². The Bertz CT molecular complexity index is 662. The predicted octanol–water partition coefficient (Wildman–Crippen LogP) is 4.31. The zero-order valence-corrected chi connectivity index (χ0v) is 14.0. The van der Waals surface area contributed by atoms with E-state index >= 15 is 0 Å². The Morgan fingerprint density at radius 1 is 1.24 bits per heavy atom. The maximum atomic E-state index is 6.16. The van der Waals surface area contributed by atoms with E-state index in [1.807, 2.05) is 18.2 Å². The van der Waals surface area contributed by atoms with Crippen molar-refractivity contribution in [2.75, 3.05) is 11.6 Å². The summed E-state index contributed by atoms with van der Waals surface area (Å²) in [5.41, 5.74) is 7.81. The average molecular weight is 370 g/mol. The van der Waals surface area contributed by atoms with Gasteiger partial charge in [-0.15, -0.1) is 0 Å². The second-order valence-corrected chi connectivity index (χ2v) is 6.80. The van der Waals surface area contributed by atoms with Crippen LogP contribution in [0.25, 0.3) is 11.3 Å². The van der Waals surface area contributed by atoms with Gasteiger partial charge in [0.05, 0.1) is 5.02 Å². The van der Waals surface area contributed by atoms with Gasteiger partial charge in [-0.2, -0.15) is 0 Å². The minimum atomic E-state index is 0.413. The highest BCUT2D eigenvalue weighted by Crippen LogP contribution is 2.36. The number of benzene rings is 1. The summed E-state index contributed by atoms with van der Waals surface area (Å²) in [6, 6.07) is 5.67. The molecule has 6 heteroatoms. The summed E-state index contributed by atoms with van der Waals surface area (Å²) in [5, 5.41) is 0.664. The van der Waals surface area contributed by atoms with Crippen LogP contribution in [0.3, 0.4) is 0 Å². The van der Waals surface area contributed by atoms with E-state index in [4.69, 9.17) is 28.2 Å². The summed E-state index contributed by atoms with van der Waals surface area (Å²) in [6.07, 6.45) is 6.04. The molecule has 4 N–H and O–H groups in total. The molecule has 112 valence electrons. The fourth-order valence-corrected chi connectivity index (χ4v) is 3.46. The van der Waals surface area contributed by atoms with Crippen molar-refractivity contribution in [1.29, 1.82) is 0 Å². The molecule has 0 radical (unpaired) electrons. The topological polar surface area (TPSA) is 69.9 Å². The van der Waals surface area contributed by atoms with Crippen LogP contribution in [0.1, 0.15) is 43.8 Å². The van der Waals surface area contributed by atoms with Crippen molar-refractivity contribution in [1.82, 2.24) is 9.66 Å². The quantitative estimate of drug-likeness (QED) is 0.775. The third kappa shape index (κ3) is 2.77. The van der Waals surface area contributed by atoms with Gasteiger partial charge in [0, 0.05) is 16.0 Å². The summed E-state index contributed by atoms with van der Waals surface area (Å²) in [6.45, 7) is 0. The first kappa shape index (κ1) is 14.7. The van der Waals surface area contributed by atoms with E-state index in [1.54, 1.807) is 4.68 Å². The maximum Gasteiger partial charge on any atom is 0.150 e. The number of aromatic nitrogens is 2. The molecule has 1 aliphatic rings. The number of rotatable bonds is 2. The third-order valence-electron chi connectivity index (χ3n) is 4.14. The van der Waals surface area contributed by atoms with E-state index in [-0.39, 0.29) is 0 Å². The highest BCUT2D eigenvalue weighted by Gasteiger charge is 2.24. The van der Waals surface area contributed by atoms with Gasteiger partial charge in [0.2, 0.25) is 0 Å². The predicted molar refractivity (Wildman–Crippen MR) is 90.8 cm³/mol. The smallest absolute Gasteiger partial charge is 0.150 e. The molecule has 0 unspecified atom stereocenters. The van der Waals surface area contributed by atoms with Crippen LogP contribution in [0.2, 0.25) is 5.02 Å². The van der Waals surface area contributed by atoms with Crippen molar-refractivity contribution in [3.63, 3.8) is 0 Å². The molecule has 1 heterocycles. The Morgan fingerprint density at radius 2 is 1.95 bits per heavy atom. The van der Waals surface area contributed by atoms with Gasteiger partial charge in [0.1, 0.15) is 11.5 Å². The van der Waals surface area contributed by atoms with Crippen molar-refractivity contribution in [3.05, 3.63) is 33.5 Å². The monoisotopic (exact) mass is 368 g/mol. The van der Waals surface area contributed by atoms with Crippen molar-refractivity contribution in [3.8, 4) is 11.3 Å². The van der Waals surface area contributed by atoms with Gasteiger partial charge < -0.3 is 11.6 Å². The standard InChI is InChI=1S/C15H18BrClN4/c16-11-8-10(6-7-12(11)17)13-14(18)21(19)15(20-13)9-4-2-1-3-5-9/h6-9H,1-5,18-19H2. The van der Waals surface area contributed by atoms with Crippen LogP contribution >= 0.6 is 27.5 Å². The molecule has 0 atom stereocenters. The van der Waals surface area contributed by atoms with E-state index in [0.717, 1.165) is 34.4 Å². The lowest BCUT2D eigenvalue weighted by Crippen LogP contribution is -2.19. The lowest BCUT2D eigenvalue weighted by molar-refractivity contribution is 0.424. The number of halogens is 2. The number of nitrogens with zero attached hydrogens (tertiary/aromatic N) is 2. The Hall–Kier alpha value is -1.20. The minimum Gasteiger partial charge on any atom is -0.382 e. The minimum absolute atomic E-state index is 0.413. The highest BCUT2D eigenvalue weighted by atomic mass is 79.9. The Labute approximate surface area is 137 Å². The summed E-state index contributed by atoms with van der Waals surface area (Å²) < 4.78 is 2.38. The van der Waals surface area contributed by atoms with Gasteiger partial charge in [-0.25, -0.2) is 9.66 Å². The summed E-state index contributed by atoms with van der Waals surface area (Å²) in [5.74, 6) is 7.94. The van der Waals surface area contributed by atoms with E-state index in [9.17, 15) is 0 Å². The number of nitrogens with two attached hydrogens (primary N) is 2. The zero-order valence-electron chi connectivity index (χ0n) is 11.6. The van der Waals surface area contributed by atoms with Gasteiger partial charge in [0.25, 0.3) is 0 Å². The van der Waals surface area contributed by atoms with E-state index in [2.05, 4.69) is 15.9 Å².